The molecule has 0 radical (unpaired) electrons. The third-order valence-electron chi connectivity index (χ3n) is 2.21. The highest BCUT2D eigenvalue weighted by Gasteiger charge is 2.22. The number of halogens is 2. The van der Waals surface area contributed by atoms with Gasteiger partial charge in [-0.2, -0.15) is 0 Å². The van der Waals surface area contributed by atoms with Crippen molar-refractivity contribution in [2.45, 2.75) is 6.10 Å². The Bertz CT molecular complexity index is 387. The monoisotopic (exact) mass is 273 g/mol. The second-order valence-electron chi connectivity index (χ2n) is 3.27. The zero-order valence-electron chi connectivity index (χ0n) is 7.80. The van der Waals surface area contributed by atoms with Crippen LogP contribution in [0.1, 0.15) is 11.7 Å². The Labute approximate surface area is 94.7 Å². The fourth-order valence-corrected chi connectivity index (χ4v) is 1.83. The molecule has 0 saturated carbocycles. The first-order valence-corrected chi connectivity index (χ1v) is 5.29. The van der Waals surface area contributed by atoms with Gasteiger partial charge in [-0.3, -0.25) is 4.79 Å². The molecule has 1 heterocycles. The van der Waals surface area contributed by atoms with Crippen LogP contribution >= 0.6 is 15.9 Å². The van der Waals surface area contributed by atoms with E-state index in [9.17, 15) is 9.18 Å². The van der Waals surface area contributed by atoms with Gasteiger partial charge in [0.2, 0.25) is 5.91 Å². The number of hydrogen-bond acceptors (Lipinski definition) is 2. The highest BCUT2D eigenvalue weighted by atomic mass is 79.9. The van der Waals surface area contributed by atoms with Crippen LogP contribution in [0.25, 0.3) is 0 Å². The van der Waals surface area contributed by atoms with Crippen LogP contribution < -0.4 is 5.32 Å². The Balaban J connectivity index is 2.21. The minimum Gasteiger partial charge on any atom is -0.362 e. The molecule has 1 amide bonds. The third-order valence-corrected chi connectivity index (χ3v) is 2.70. The normalized spacial score (nSPS) is 21.2. The standard InChI is InChI=1S/C10H9BrFNO2/c11-6-1-2-8(12)7(3-6)9-4-13-10(14)5-15-9/h1-3,9H,4-5H2,(H,13,14)/t9-/m0/s1. The summed E-state index contributed by atoms with van der Waals surface area (Å²) in [7, 11) is 0. The van der Waals surface area contributed by atoms with E-state index in [1.54, 1.807) is 12.1 Å². The summed E-state index contributed by atoms with van der Waals surface area (Å²) in [6.45, 7) is 0.294. The Hall–Kier alpha value is -0.940. The molecule has 1 aromatic rings. The molecule has 0 aliphatic carbocycles. The highest BCUT2D eigenvalue weighted by Crippen LogP contribution is 2.25. The first kappa shape index (κ1) is 10.6. The number of amides is 1. The van der Waals surface area contributed by atoms with E-state index < -0.39 is 6.10 Å². The molecule has 1 aliphatic heterocycles. The Kier molecular flexibility index (Phi) is 3.02. The molecular formula is C10H9BrFNO2. The number of morpholine rings is 1. The molecule has 1 N–H and O–H groups in total. The average Bonchev–Trinajstić information content (AvgIpc) is 2.23. The van der Waals surface area contributed by atoms with Crippen molar-refractivity contribution in [2.75, 3.05) is 13.2 Å². The van der Waals surface area contributed by atoms with Crippen LogP contribution in [0.5, 0.6) is 0 Å². The van der Waals surface area contributed by atoms with E-state index in [-0.39, 0.29) is 18.3 Å². The van der Waals surface area contributed by atoms with Crippen molar-refractivity contribution in [2.24, 2.45) is 0 Å². The number of hydrogen-bond donors (Lipinski definition) is 1. The average molecular weight is 274 g/mol. The first-order chi connectivity index (χ1) is 7.16. The van der Waals surface area contributed by atoms with Gasteiger partial charge in [-0.1, -0.05) is 15.9 Å². The summed E-state index contributed by atoms with van der Waals surface area (Å²) in [5, 5.41) is 2.63. The molecule has 0 spiro atoms. The highest BCUT2D eigenvalue weighted by molar-refractivity contribution is 9.10. The zero-order chi connectivity index (χ0) is 10.8. The van der Waals surface area contributed by atoms with E-state index >= 15 is 0 Å². The molecule has 0 aromatic heterocycles. The first-order valence-electron chi connectivity index (χ1n) is 4.50. The van der Waals surface area contributed by atoms with Crippen molar-refractivity contribution in [1.29, 1.82) is 0 Å². The molecular weight excluding hydrogens is 265 g/mol. The van der Waals surface area contributed by atoms with E-state index in [4.69, 9.17) is 4.74 Å². The molecule has 1 fully saturated rings. The van der Waals surface area contributed by atoms with Crippen LogP contribution in [0, 0.1) is 5.82 Å². The number of rotatable bonds is 1. The van der Waals surface area contributed by atoms with Crippen molar-refractivity contribution >= 4 is 21.8 Å². The number of carbonyl (C=O) groups is 1. The summed E-state index contributed by atoms with van der Waals surface area (Å²) < 4.78 is 19.5. The van der Waals surface area contributed by atoms with Crippen molar-refractivity contribution in [1.82, 2.24) is 5.32 Å². The van der Waals surface area contributed by atoms with Crippen LogP contribution in [0.15, 0.2) is 22.7 Å². The minimum atomic E-state index is -0.403. The molecule has 1 aliphatic rings. The fourth-order valence-electron chi connectivity index (χ4n) is 1.45. The molecule has 1 saturated heterocycles. The van der Waals surface area contributed by atoms with Gasteiger partial charge < -0.3 is 10.1 Å². The van der Waals surface area contributed by atoms with Crippen molar-refractivity contribution < 1.29 is 13.9 Å². The van der Waals surface area contributed by atoms with Gasteiger partial charge in [0.05, 0.1) is 0 Å². The van der Waals surface area contributed by atoms with Gasteiger partial charge in [-0.05, 0) is 18.2 Å². The van der Waals surface area contributed by atoms with Gasteiger partial charge in [0, 0.05) is 16.6 Å². The quantitative estimate of drug-likeness (QED) is 0.847. The lowest BCUT2D eigenvalue weighted by molar-refractivity contribution is -0.133. The summed E-state index contributed by atoms with van der Waals surface area (Å²) in [6.07, 6.45) is -0.403. The summed E-state index contributed by atoms with van der Waals surface area (Å²) in [6, 6.07) is 4.66. The molecule has 0 bridgehead atoms. The van der Waals surface area contributed by atoms with Crippen LogP contribution in [-0.4, -0.2) is 19.1 Å². The predicted octanol–water partition coefficient (Wildman–Crippen LogP) is 1.78. The maximum atomic E-state index is 13.4. The van der Waals surface area contributed by atoms with Crippen LogP contribution in [-0.2, 0) is 9.53 Å². The van der Waals surface area contributed by atoms with Crippen molar-refractivity contribution in [3.8, 4) is 0 Å². The van der Waals surface area contributed by atoms with Gasteiger partial charge in [0.25, 0.3) is 0 Å². The van der Waals surface area contributed by atoms with Crippen LogP contribution in [0.4, 0.5) is 4.39 Å². The van der Waals surface area contributed by atoms with Gasteiger partial charge in [-0.25, -0.2) is 4.39 Å². The summed E-state index contributed by atoms with van der Waals surface area (Å²) >= 11 is 3.27. The van der Waals surface area contributed by atoms with Crippen molar-refractivity contribution in [3.63, 3.8) is 0 Å². The Morgan fingerprint density at radius 2 is 2.33 bits per heavy atom. The van der Waals surface area contributed by atoms with E-state index in [0.29, 0.717) is 12.1 Å². The van der Waals surface area contributed by atoms with Gasteiger partial charge in [-0.15, -0.1) is 0 Å². The molecule has 2 rings (SSSR count). The lowest BCUT2D eigenvalue weighted by atomic mass is 10.1. The Morgan fingerprint density at radius 3 is 3.00 bits per heavy atom. The molecule has 5 heteroatoms. The van der Waals surface area contributed by atoms with E-state index in [2.05, 4.69) is 21.2 Å². The number of nitrogens with one attached hydrogen (secondary N) is 1. The van der Waals surface area contributed by atoms with Gasteiger partial charge >= 0.3 is 0 Å². The summed E-state index contributed by atoms with van der Waals surface area (Å²) in [5.41, 5.74) is 0.462. The van der Waals surface area contributed by atoms with E-state index in [1.807, 2.05) is 0 Å². The lowest BCUT2D eigenvalue weighted by Gasteiger charge is -2.23. The minimum absolute atomic E-state index is 0.0172. The molecule has 3 nitrogen and oxygen atoms in total. The van der Waals surface area contributed by atoms with Gasteiger partial charge in [0.15, 0.2) is 0 Å². The van der Waals surface area contributed by atoms with Crippen LogP contribution in [0.3, 0.4) is 0 Å². The number of carbonyl (C=O) groups excluding carboxylic acids is 1. The second kappa shape index (κ2) is 4.28. The predicted molar refractivity (Wildman–Crippen MR) is 55.8 cm³/mol. The van der Waals surface area contributed by atoms with Gasteiger partial charge in [0.1, 0.15) is 18.5 Å². The number of ether oxygens (including phenoxy) is 1. The lowest BCUT2D eigenvalue weighted by Crippen LogP contribution is -2.38. The maximum absolute atomic E-state index is 13.4. The van der Waals surface area contributed by atoms with E-state index in [0.717, 1.165) is 4.47 Å². The maximum Gasteiger partial charge on any atom is 0.246 e. The molecule has 0 unspecified atom stereocenters. The SMILES string of the molecule is O=C1CO[C@H](c2cc(Br)ccc2F)CN1. The fraction of sp³-hybridized carbons (Fsp3) is 0.300. The molecule has 1 aromatic carbocycles. The Morgan fingerprint density at radius 1 is 1.53 bits per heavy atom. The number of benzene rings is 1. The summed E-state index contributed by atoms with van der Waals surface area (Å²) in [5.74, 6) is -0.485. The van der Waals surface area contributed by atoms with Crippen LogP contribution in [0.2, 0.25) is 0 Å². The third kappa shape index (κ3) is 2.35. The molecule has 15 heavy (non-hydrogen) atoms. The topological polar surface area (TPSA) is 38.3 Å². The second-order valence-corrected chi connectivity index (χ2v) is 4.19. The molecule has 1 atom stereocenters. The largest absolute Gasteiger partial charge is 0.362 e. The smallest absolute Gasteiger partial charge is 0.246 e. The van der Waals surface area contributed by atoms with Crippen molar-refractivity contribution in [3.05, 3.63) is 34.1 Å². The molecule has 80 valence electrons. The van der Waals surface area contributed by atoms with E-state index in [1.165, 1.54) is 6.07 Å². The zero-order valence-corrected chi connectivity index (χ0v) is 9.38. The summed E-state index contributed by atoms with van der Waals surface area (Å²) in [4.78, 5) is 10.9.